The average Bonchev–Trinajstić information content (AvgIpc) is 3.28. The van der Waals surface area contributed by atoms with E-state index in [0.29, 0.717) is 50.8 Å². The summed E-state index contributed by atoms with van der Waals surface area (Å²) >= 11 is 13.9. The fourth-order valence-corrected chi connectivity index (χ4v) is 5.42. The number of halogens is 2. The first-order chi connectivity index (χ1) is 18.8. The molecule has 4 rings (SSSR count). The Bertz CT molecular complexity index is 1520. The Morgan fingerprint density at radius 1 is 1.13 bits per heavy atom. The molecule has 200 valence electrons. The van der Waals surface area contributed by atoms with Crippen molar-refractivity contribution in [2.75, 3.05) is 13.2 Å². The number of aryl methyl sites for hydroxylation is 1. The molecule has 0 saturated carbocycles. The quantitative estimate of drug-likeness (QED) is 0.107. The molecule has 0 saturated heterocycles. The number of aromatic nitrogens is 3. The Morgan fingerprint density at radius 2 is 1.87 bits per heavy atom. The van der Waals surface area contributed by atoms with Crippen LogP contribution in [-0.2, 0) is 6.61 Å². The lowest BCUT2D eigenvalue weighted by atomic mass is 10.1. The molecule has 0 N–H and O–H groups in total. The first kappa shape index (κ1) is 28.2. The van der Waals surface area contributed by atoms with Crippen molar-refractivity contribution in [1.82, 2.24) is 14.8 Å². The summed E-state index contributed by atoms with van der Waals surface area (Å²) in [4.78, 5) is 11.3. The predicted molar refractivity (Wildman–Crippen MR) is 150 cm³/mol. The van der Waals surface area contributed by atoms with Crippen molar-refractivity contribution in [3.63, 3.8) is 0 Å². The van der Waals surface area contributed by atoms with Gasteiger partial charge >= 0.3 is 0 Å². The average molecular weight is 584 g/mol. The minimum Gasteiger partial charge on any atom is -0.490 e. The lowest BCUT2D eigenvalue weighted by Gasteiger charge is -2.19. The van der Waals surface area contributed by atoms with Crippen LogP contribution in [0.15, 0.2) is 65.8 Å². The van der Waals surface area contributed by atoms with Gasteiger partial charge in [-0.25, -0.2) is 0 Å². The van der Waals surface area contributed by atoms with Gasteiger partial charge in [-0.3, -0.25) is 14.7 Å². The largest absolute Gasteiger partial charge is 0.490 e. The predicted octanol–water partition coefficient (Wildman–Crippen LogP) is 6.84. The summed E-state index contributed by atoms with van der Waals surface area (Å²) in [6, 6.07) is 19.7. The maximum Gasteiger partial charge on any atom is 0.220 e. The van der Waals surface area contributed by atoms with Crippen LogP contribution in [0.4, 0.5) is 0 Å². The normalized spacial score (nSPS) is 11.6. The van der Waals surface area contributed by atoms with Crippen molar-refractivity contribution < 1.29 is 14.4 Å². The van der Waals surface area contributed by atoms with Gasteiger partial charge in [0.2, 0.25) is 6.54 Å². The molecular formula is C27H23Cl2N5O4S. The van der Waals surface area contributed by atoms with E-state index >= 15 is 0 Å². The van der Waals surface area contributed by atoms with Crippen LogP contribution in [0.5, 0.6) is 11.5 Å². The number of nitro groups is 1. The summed E-state index contributed by atoms with van der Waals surface area (Å²) < 4.78 is 13.6. The highest BCUT2D eigenvalue weighted by molar-refractivity contribution is 7.99. The van der Waals surface area contributed by atoms with Gasteiger partial charge in [-0.2, -0.15) is 5.26 Å². The van der Waals surface area contributed by atoms with Gasteiger partial charge in [-0.15, -0.1) is 10.2 Å². The number of nitriles is 1. The second-order valence-electron chi connectivity index (χ2n) is 8.28. The Balaban J connectivity index is 1.68. The maximum atomic E-state index is 11.7. The highest BCUT2D eigenvalue weighted by atomic mass is 35.5. The Hall–Kier alpha value is -3.78. The summed E-state index contributed by atoms with van der Waals surface area (Å²) in [6.07, 6.45) is 0. The molecule has 0 aliphatic rings. The van der Waals surface area contributed by atoms with Crippen molar-refractivity contribution in [3.05, 3.63) is 103 Å². The second-order valence-corrected chi connectivity index (χ2v) is 10.3. The molecule has 0 aliphatic heterocycles. The molecule has 0 aliphatic carbocycles. The monoisotopic (exact) mass is 583 g/mol. The van der Waals surface area contributed by atoms with Gasteiger partial charge in [-0.05, 0) is 61.9 Å². The highest BCUT2D eigenvalue weighted by Gasteiger charge is 2.26. The zero-order valence-electron chi connectivity index (χ0n) is 21.0. The SMILES string of the molecule is CCOc1cc([C@@H](C[N+](=O)[O-])Sc2nnc(C)n2-c2ccc(Cl)cc2)cc(Cl)c1OCc1ccccc1C#N. The van der Waals surface area contributed by atoms with Crippen LogP contribution >= 0.6 is 35.0 Å². The fraction of sp³-hybridized carbons (Fsp3) is 0.222. The molecule has 4 aromatic rings. The molecule has 3 aromatic carbocycles. The van der Waals surface area contributed by atoms with Crippen LogP contribution in [0, 0.1) is 28.4 Å². The van der Waals surface area contributed by atoms with Gasteiger partial charge in [0.25, 0.3) is 0 Å². The minimum absolute atomic E-state index is 0.0967. The van der Waals surface area contributed by atoms with Crippen molar-refractivity contribution in [1.29, 1.82) is 5.26 Å². The molecular weight excluding hydrogens is 561 g/mol. The molecule has 0 fully saturated rings. The fourth-order valence-electron chi connectivity index (χ4n) is 3.86. The zero-order chi connectivity index (χ0) is 27.9. The van der Waals surface area contributed by atoms with Gasteiger partial charge in [0.15, 0.2) is 16.7 Å². The zero-order valence-corrected chi connectivity index (χ0v) is 23.3. The first-order valence-electron chi connectivity index (χ1n) is 11.8. The molecule has 0 unspecified atom stereocenters. The minimum atomic E-state index is -0.667. The van der Waals surface area contributed by atoms with E-state index in [2.05, 4.69) is 16.3 Å². The van der Waals surface area contributed by atoms with Gasteiger partial charge in [-0.1, -0.05) is 53.2 Å². The van der Waals surface area contributed by atoms with Crippen LogP contribution in [0.3, 0.4) is 0 Å². The summed E-state index contributed by atoms with van der Waals surface area (Å²) in [5.41, 5.74) is 2.53. The number of benzene rings is 3. The van der Waals surface area contributed by atoms with E-state index in [4.69, 9.17) is 32.7 Å². The molecule has 1 aromatic heterocycles. The summed E-state index contributed by atoms with van der Waals surface area (Å²) in [5, 5.41) is 30.1. The van der Waals surface area contributed by atoms with E-state index in [1.165, 1.54) is 11.8 Å². The molecule has 9 nitrogen and oxygen atoms in total. The Labute approximate surface area is 239 Å². The molecule has 0 amide bonds. The van der Waals surface area contributed by atoms with E-state index < -0.39 is 11.8 Å². The molecule has 39 heavy (non-hydrogen) atoms. The van der Waals surface area contributed by atoms with E-state index in [0.717, 1.165) is 5.69 Å². The van der Waals surface area contributed by atoms with Crippen LogP contribution in [0.2, 0.25) is 10.0 Å². The number of thioether (sulfide) groups is 1. The van der Waals surface area contributed by atoms with E-state index in [9.17, 15) is 15.4 Å². The third-order valence-corrected chi connectivity index (χ3v) is 7.37. The van der Waals surface area contributed by atoms with Crippen LogP contribution in [0.25, 0.3) is 5.69 Å². The van der Waals surface area contributed by atoms with Crippen molar-refractivity contribution in [3.8, 4) is 23.3 Å². The first-order valence-corrected chi connectivity index (χ1v) is 13.5. The molecule has 0 spiro atoms. The van der Waals surface area contributed by atoms with E-state index in [-0.39, 0.29) is 16.6 Å². The molecule has 1 atom stereocenters. The number of nitrogens with zero attached hydrogens (tertiary/aromatic N) is 5. The number of hydrogen-bond acceptors (Lipinski definition) is 8. The maximum absolute atomic E-state index is 11.7. The van der Waals surface area contributed by atoms with Crippen LogP contribution in [0.1, 0.15) is 34.7 Å². The molecule has 0 radical (unpaired) electrons. The smallest absolute Gasteiger partial charge is 0.220 e. The van der Waals surface area contributed by atoms with Crippen molar-refractivity contribution in [2.24, 2.45) is 0 Å². The van der Waals surface area contributed by atoms with E-state index in [1.54, 1.807) is 49.4 Å². The lowest BCUT2D eigenvalue weighted by molar-refractivity contribution is -0.479. The third-order valence-electron chi connectivity index (χ3n) is 5.66. The lowest BCUT2D eigenvalue weighted by Crippen LogP contribution is -2.12. The number of ether oxygens (including phenoxy) is 2. The van der Waals surface area contributed by atoms with Crippen molar-refractivity contribution >= 4 is 35.0 Å². The van der Waals surface area contributed by atoms with Gasteiger partial charge in [0.05, 0.1) is 23.3 Å². The van der Waals surface area contributed by atoms with Gasteiger partial charge < -0.3 is 9.47 Å². The van der Waals surface area contributed by atoms with Crippen molar-refractivity contribution in [2.45, 2.75) is 30.9 Å². The van der Waals surface area contributed by atoms with Crippen LogP contribution < -0.4 is 9.47 Å². The summed E-state index contributed by atoms with van der Waals surface area (Å²) in [6.45, 7) is 3.64. The molecule has 1 heterocycles. The van der Waals surface area contributed by atoms with E-state index in [1.807, 2.05) is 29.7 Å². The Kier molecular flexibility index (Phi) is 9.30. The molecule has 0 bridgehead atoms. The van der Waals surface area contributed by atoms with Gasteiger partial charge in [0, 0.05) is 21.2 Å². The highest BCUT2D eigenvalue weighted by Crippen LogP contribution is 2.43. The standard InChI is InChI=1S/C27H23Cl2N5O4S/c1-3-37-24-13-20(12-23(29)26(24)38-16-19-7-5-4-6-18(19)14-30)25(15-33(35)36)39-27-32-31-17(2)34(27)22-10-8-21(28)9-11-22/h4-13,25H,3,15-16H2,1-2H3/t25-/m1/s1. The second kappa shape index (κ2) is 12.8. The third kappa shape index (κ3) is 6.81. The van der Waals surface area contributed by atoms with Crippen LogP contribution in [-0.4, -0.2) is 32.8 Å². The summed E-state index contributed by atoms with van der Waals surface area (Å²) in [5.74, 6) is 1.26. The molecule has 12 heteroatoms. The van der Waals surface area contributed by atoms with Gasteiger partial charge in [0.1, 0.15) is 17.7 Å². The topological polar surface area (TPSA) is 116 Å². The number of rotatable bonds is 11. The number of hydrogen-bond donors (Lipinski definition) is 0. The summed E-state index contributed by atoms with van der Waals surface area (Å²) in [7, 11) is 0. The Morgan fingerprint density at radius 3 is 2.56 bits per heavy atom.